The summed E-state index contributed by atoms with van der Waals surface area (Å²) in [5, 5.41) is 0. The van der Waals surface area contributed by atoms with Crippen LogP contribution < -0.4 is 4.72 Å². The lowest BCUT2D eigenvalue weighted by molar-refractivity contribution is 0.669. The van der Waals surface area contributed by atoms with E-state index in [0.717, 1.165) is 6.42 Å². The van der Waals surface area contributed by atoms with E-state index in [2.05, 4.69) is 67.1 Å². The molecule has 2 aromatic carbocycles. The summed E-state index contributed by atoms with van der Waals surface area (Å²) in [6, 6.07) is 19.7. The molecule has 1 N–H and O–H groups in total. The predicted molar refractivity (Wildman–Crippen MR) is 80.6 cm³/mol. The van der Waals surface area contributed by atoms with Crippen LogP contribution in [0.1, 0.15) is 20.3 Å². The molecule has 0 aliphatic carbocycles. The Morgan fingerprint density at radius 1 is 0.944 bits per heavy atom. The molecule has 0 aromatic heterocycles. The van der Waals surface area contributed by atoms with E-state index in [1.807, 2.05) is 6.07 Å². The van der Waals surface area contributed by atoms with E-state index in [1.165, 1.54) is 16.0 Å². The van der Waals surface area contributed by atoms with Crippen LogP contribution in [0.5, 0.6) is 0 Å². The standard InChI is InChI=1S/C16H19NS/c1-3-13(2)17-18-16-11-9-15(10-12-16)14-7-5-4-6-8-14/h4-13,17H,3H2,1-2H3. The normalized spacial score (nSPS) is 12.3. The molecule has 18 heavy (non-hydrogen) atoms. The lowest BCUT2D eigenvalue weighted by Crippen LogP contribution is -2.17. The third-order valence-corrected chi connectivity index (χ3v) is 3.98. The zero-order valence-electron chi connectivity index (χ0n) is 10.9. The van der Waals surface area contributed by atoms with E-state index in [-0.39, 0.29) is 0 Å². The molecule has 0 aliphatic heterocycles. The maximum Gasteiger partial charge on any atom is 0.0228 e. The molecule has 94 valence electrons. The van der Waals surface area contributed by atoms with Crippen LogP contribution in [0, 0.1) is 0 Å². The number of hydrogen-bond donors (Lipinski definition) is 1. The third kappa shape index (κ3) is 3.62. The topological polar surface area (TPSA) is 12.0 Å². The Kier molecular flexibility index (Phi) is 4.85. The first kappa shape index (κ1) is 13.2. The first-order valence-electron chi connectivity index (χ1n) is 6.37. The van der Waals surface area contributed by atoms with Gasteiger partial charge in [-0.25, -0.2) is 0 Å². The van der Waals surface area contributed by atoms with Crippen molar-refractivity contribution in [1.82, 2.24) is 4.72 Å². The molecular weight excluding hydrogens is 238 g/mol. The highest BCUT2D eigenvalue weighted by Crippen LogP contribution is 2.23. The predicted octanol–water partition coefficient (Wildman–Crippen LogP) is 4.75. The average molecular weight is 257 g/mol. The SMILES string of the molecule is CCC(C)NSc1ccc(-c2ccccc2)cc1. The quantitative estimate of drug-likeness (QED) is 0.776. The minimum atomic E-state index is 0.545. The van der Waals surface area contributed by atoms with Gasteiger partial charge in [0.1, 0.15) is 0 Å². The maximum atomic E-state index is 3.42. The fourth-order valence-corrected chi connectivity index (χ4v) is 2.37. The van der Waals surface area contributed by atoms with E-state index in [0.29, 0.717) is 6.04 Å². The van der Waals surface area contributed by atoms with Crippen molar-refractivity contribution in [2.45, 2.75) is 31.2 Å². The summed E-state index contributed by atoms with van der Waals surface area (Å²) >= 11 is 1.71. The summed E-state index contributed by atoms with van der Waals surface area (Å²) in [4.78, 5) is 1.26. The van der Waals surface area contributed by atoms with Gasteiger partial charge >= 0.3 is 0 Å². The molecule has 0 fully saturated rings. The van der Waals surface area contributed by atoms with Gasteiger partial charge in [-0.05, 0) is 48.6 Å². The van der Waals surface area contributed by atoms with Gasteiger partial charge in [0.05, 0.1) is 0 Å². The Bertz CT molecular complexity index is 464. The molecule has 0 heterocycles. The Labute approximate surface area is 114 Å². The van der Waals surface area contributed by atoms with Crippen LogP contribution in [0.25, 0.3) is 11.1 Å². The summed E-state index contributed by atoms with van der Waals surface area (Å²) in [5.41, 5.74) is 2.53. The molecular formula is C16H19NS. The molecule has 0 radical (unpaired) electrons. The van der Waals surface area contributed by atoms with Gasteiger partial charge in [-0.15, -0.1) is 0 Å². The van der Waals surface area contributed by atoms with Gasteiger partial charge in [0.15, 0.2) is 0 Å². The zero-order valence-corrected chi connectivity index (χ0v) is 11.7. The van der Waals surface area contributed by atoms with Gasteiger partial charge in [0.2, 0.25) is 0 Å². The number of benzene rings is 2. The van der Waals surface area contributed by atoms with Crippen LogP contribution in [0.4, 0.5) is 0 Å². The Balaban J connectivity index is 2.02. The van der Waals surface area contributed by atoms with Crippen LogP contribution in [0.2, 0.25) is 0 Å². The molecule has 0 spiro atoms. The van der Waals surface area contributed by atoms with E-state index in [1.54, 1.807) is 11.9 Å². The molecule has 1 nitrogen and oxygen atoms in total. The minimum Gasteiger partial charge on any atom is -0.257 e. The Hall–Kier alpha value is -1.25. The van der Waals surface area contributed by atoms with E-state index in [9.17, 15) is 0 Å². The second-order valence-corrected chi connectivity index (χ2v) is 5.33. The number of rotatable bonds is 5. The molecule has 1 atom stereocenters. The van der Waals surface area contributed by atoms with Gasteiger partial charge in [-0.1, -0.05) is 49.4 Å². The van der Waals surface area contributed by atoms with Gasteiger partial charge in [-0.3, -0.25) is 4.72 Å². The van der Waals surface area contributed by atoms with Crippen molar-refractivity contribution < 1.29 is 0 Å². The summed E-state index contributed by atoms with van der Waals surface area (Å²) in [7, 11) is 0. The van der Waals surface area contributed by atoms with Crippen molar-refractivity contribution in [3.8, 4) is 11.1 Å². The molecule has 0 saturated carbocycles. The number of nitrogens with one attached hydrogen (secondary N) is 1. The monoisotopic (exact) mass is 257 g/mol. The van der Waals surface area contributed by atoms with Crippen LogP contribution in [-0.4, -0.2) is 6.04 Å². The second-order valence-electron chi connectivity index (χ2n) is 4.42. The lowest BCUT2D eigenvalue weighted by Gasteiger charge is -2.10. The van der Waals surface area contributed by atoms with E-state index >= 15 is 0 Å². The number of hydrogen-bond acceptors (Lipinski definition) is 2. The van der Waals surface area contributed by atoms with Crippen LogP contribution in [0.3, 0.4) is 0 Å². The van der Waals surface area contributed by atoms with Gasteiger partial charge in [0.25, 0.3) is 0 Å². The van der Waals surface area contributed by atoms with Crippen molar-refractivity contribution >= 4 is 11.9 Å². The van der Waals surface area contributed by atoms with Crippen molar-refractivity contribution in [2.75, 3.05) is 0 Å². The first-order valence-corrected chi connectivity index (χ1v) is 7.19. The minimum absolute atomic E-state index is 0.545. The molecule has 0 amide bonds. The third-order valence-electron chi connectivity index (χ3n) is 2.95. The van der Waals surface area contributed by atoms with E-state index < -0.39 is 0 Å². The average Bonchev–Trinajstić information content (AvgIpc) is 2.46. The highest BCUT2D eigenvalue weighted by molar-refractivity contribution is 7.97. The highest BCUT2D eigenvalue weighted by atomic mass is 32.2. The molecule has 1 unspecified atom stereocenters. The first-order chi connectivity index (χ1) is 8.79. The van der Waals surface area contributed by atoms with Crippen molar-refractivity contribution in [3.63, 3.8) is 0 Å². The second kappa shape index (κ2) is 6.62. The molecule has 2 rings (SSSR count). The molecule has 2 aromatic rings. The summed E-state index contributed by atoms with van der Waals surface area (Å²) in [5.74, 6) is 0. The summed E-state index contributed by atoms with van der Waals surface area (Å²) in [6.07, 6.45) is 1.15. The van der Waals surface area contributed by atoms with Gasteiger partial charge in [-0.2, -0.15) is 0 Å². The largest absolute Gasteiger partial charge is 0.257 e. The fourth-order valence-electron chi connectivity index (χ4n) is 1.60. The fraction of sp³-hybridized carbons (Fsp3) is 0.250. The van der Waals surface area contributed by atoms with Gasteiger partial charge < -0.3 is 0 Å². The van der Waals surface area contributed by atoms with Crippen LogP contribution in [-0.2, 0) is 0 Å². The Morgan fingerprint density at radius 3 is 2.17 bits per heavy atom. The van der Waals surface area contributed by atoms with Crippen molar-refractivity contribution in [2.24, 2.45) is 0 Å². The molecule has 0 saturated heterocycles. The highest BCUT2D eigenvalue weighted by Gasteiger charge is 2.00. The van der Waals surface area contributed by atoms with Gasteiger partial charge in [0, 0.05) is 10.9 Å². The maximum absolute atomic E-state index is 3.42. The zero-order chi connectivity index (χ0) is 12.8. The van der Waals surface area contributed by atoms with Crippen LogP contribution in [0.15, 0.2) is 59.5 Å². The smallest absolute Gasteiger partial charge is 0.0228 e. The Morgan fingerprint density at radius 2 is 1.56 bits per heavy atom. The summed E-state index contributed by atoms with van der Waals surface area (Å²) < 4.78 is 3.42. The molecule has 0 bridgehead atoms. The molecule has 0 aliphatic rings. The van der Waals surface area contributed by atoms with Crippen molar-refractivity contribution in [3.05, 3.63) is 54.6 Å². The molecule has 2 heteroatoms. The van der Waals surface area contributed by atoms with Crippen molar-refractivity contribution in [1.29, 1.82) is 0 Å². The van der Waals surface area contributed by atoms with E-state index in [4.69, 9.17) is 0 Å². The van der Waals surface area contributed by atoms with Crippen LogP contribution >= 0.6 is 11.9 Å². The summed E-state index contributed by atoms with van der Waals surface area (Å²) in [6.45, 7) is 4.39. The lowest BCUT2D eigenvalue weighted by atomic mass is 10.1.